The molecule has 16 heavy (non-hydrogen) atoms. The fourth-order valence-corrected chi connectivity index (χ4v) is 3.19. The highest BCUT2D eigenvalue weighted by Crippen LogP contribution is 2.42. The van der Waals surface area contributed by atoms with Crippen LogP contribution >= 0.6 is 11.8 Å². The van der Waals surface area contributed by atoms with E-state index < -0.39 is 0 Å². The number of nitrogens with zero attached hydrogens (tertiary/aromatic N) is 1. The summed E-state index contributed by atoms with van der Waals surface area (Å²) in [5.74, 6) is 0. The van der Waals surface area contributed by atoms with E-state index in [9.17, 15) is 0 Å². The van der Waals surface area contributed by atoms with Crippen molar-refractivity contribution in [3.05, 3.63) is 24.0 Å². The second-order valence-corrected chi connectivity index (χ2v) is 5.97. The van der Waals surface area contributed by atoms with Gasteiger partial charge in [0.05, 0.1) is 0 Å². The Kier molecular flexibility index (Phi) is 3.98. The van der Waals surface area contributed by atoms with Crippen LogP contribution in [0.2, 0.25) is 0 Å². The number of hydrogen-bond donors (Lipinski definition) is 1. The van der Waals surface area contributed by atoms with Crippen LogP contribution in [0.3, 0.4) is 0 Å². The highest BCUT2D eigenvalue weighted by atomic mass is 32.2. The summed E-state index contributed by atoms with van der Waals surface area (Å²) in [6.07, 6.45) is 10.8. The van der Waals surface area contributed by atoms with Gasteiger partial charge in [-0.3, -0.25) is 0 Å². The number of nitrogens with one attached hydrogen (secondary N) is 1. The minimum Gasteiger partial charge on any atom is -0.354 e. The lowest BCUT2D eigenvalue weighted by molar-refractivity contribution is 0.345. The molecule has 1 aromatic rings. The molecular formula is C13H22N2S. The summed E-state index contributed by atoms with van der Waals surface area (Å²) in [7, 11) is 0. The molecule has 1 N–H and O–H groups in total. The molecule has 0 saturated heterocycles. The van der Waals surface area contributed by atoms with Gasteiger partial charge in [-0.05, 0) is 37.7 Å². The highest BCUT2D eigenvalue weighted by molar-refractivity contribution is 8.00. The maximum atomic E-state index is 3.60. The summed E-state index contributed by atoms with van der Waals surface area (Å²) in [5, 5.41) is 3.60. The first kappa shape index (κ1) is 12.1. The molecule has 1 aliphatic carbocycles. The van der Waals surface area contributed by atoms with E-state index in [1.54, 1.807) is 0 Å². The Morgan fingerprint density at radius 1 is 1.50 bits per heavy atom. The third-order valence-corrected chi connectivity index (χ3v) is 5.07. The third-order valence-electron chi connectivity index (χ3n) is 3.65. The first-order chi connectivity index (χ1) is 7.78. The molecule has 0 unspecified atom stereocenters. The van der Waals surface area contributed by atoms with Crippen molar-refractivity contribution in [3.8, 4) is 0 Å². The van der Waals surface area contributed by atoms with Gasteiger partial charge in [0.15, 0.2) is 0 Å². The van der Waals surface area contributed by atoms with E-state index in [1.165, 1.54) is 24.8 Å². The molecule has 3 heteroatoms. The van der Waals surface area contributed by atoms with E-state index in [1.807, 2.05) is 11.8 Å². The summed E-state index contributed by atoms with van der Waals surface area (Å²) in [4.78, 5) is 0. The van der Waals surface area contributed by atoms with Gasteiger partial charge in [0.2, 0.25) is 0 Å². The second-order valence-electron chi connectivity index (χ2n) is 4.69. The van der Waals surface area contributed by atoms with Gasteiger partial charge >= 0.3 is 0 Å². The average Bonchev–Trinajstić information content (AvgIpc) is 2.70. The van der Waals surface area contributed by atoms with Crippen LogP contribution in [-0.2, 0) is 13.1 Å². The summed E-state index contributed by atoms with van der Waals surface area (Å²) < 4.78 is 2.78. The molecule has 1 fully saturated rings. The normalized spacial score (nSPS) is 18.4. The van der Waals surface area contributed by atoms with Crippen LogP contribution in [0.15, 0.2) is 18.5 Å². The van der Waals surface area contributed by atoms with Gasteiger partial charge in [0.1, 0.15) is 0 Å². The van der Waals surface area contributed by atoms with Crippen LogP contribution in [0.1, 0.15) is 31.7 Å². The predicted molar refractivity (Wildman–Crippen MR) is 71.9 cm³/mol. The number of rotatable bonds is 6. The van der Waals surface area contributed by atoms with Crippen molar-refractivity contribution in [3.63, 3.8) is 0 Å². The number of thioether (sulfide) groups is 1. The Morgan fingerprint density at radius 2 is 2.31 bits per heavy atom. The Morgan fingerprint density at radius 3 is 2.81 bits per heavy atom. The summed E-state index contributed by atoms with van der Waals surface area (Å²) >= 11 is 2.04. The molecule has 1 saturated carbocycles. The van der Waals surface area contributed by atoms with Gasteiger partial charge in [0, 0.05) is 36.8 Å². The van der Waals surface area contributed by atoms with Gasteiger partial charge < -0.3 is 9.88 Å². The average molecular weight is 238 g/mol. The maximum absolute atomic E-state index is 3.60. The van der Waals surface area contributed by atoms with Crippen LogP contribution in [0.5, 0.6) is 0 Å². The molecule has 1 aromatic heterocycles. The van der Waals surface area contributed by atoms with Crippen molar-refractivity contribution in [2.24, 2.45) is 0 Å². The van der Waals surface area contributed by atoms with Crippen molar-refractivity contribution in [1.29, 1.82) is 0 Å². The van der Waals surface area contributed by atoms with E-state index in [-0.39, 0.29) is 0 Å². The Labute approximate surface area is 103 Å². The van der Waals surface area contributed by atoms with Gasteiger partial charge in [-0.25, -0.2) is 0 Å². The molecule has 0 radical (unpaired) electrons. The van der Waals surface area contributed by atoms with Crippen LogP contribution in [0.4, 0.5) is 0 Å². The molecule has 1 aliphatic rings. The smallest absolute Gasteiger partial charge is 0.0281 e. The Bertz CT molecular complexity index is 323. The molecule has 0 aliphatic heterocycles. The van der Waals surface area contributed by atoms with E-state index in [2.05, 4.69) is 41.5 Å². The van der Waals surface area contributed by atoms with Gasteiger partial charge in [0.25, 0.3) is 0 Å². The fraction of sp³-hybridized carbons (Fsp3) is 0.692. The quantitative estimate of drug-likeness (QED) is 0.821. The predicted octanol–water partition coefficient (Wildman–Crippen LogP) is 2.88. The second kappa shape index (κ2) is 5.28. The topological polar surface area (TPSA) is 17.0 Å². The zero-order valence-electron chi connectivity index (χ0n) is 10.3. The van der Waals surface area contributed by atoms with Crippen LogP contribution in [0.25, 0.3) is 0 Å². The van der Waals surface area contributed by atoms with Gasteiger partial charge in [-0.1, -0.05) is 6.42 Å². The van der Waals surface area contributed by atoms with Crippen molar-refractivity contribution in [2.75, 3.05) is 12.8 Å². The maximum Gasteiger partial charge on any atom is 0.0281 e. The highest BCUT2D eigenvalue weighted by Gasteiger charge is 2.35. The van der Waals surface area contributed by atoms with Crippen LogP contribution in [0, 0.1) is 0 Å². The third kappa shape index (κ3) is 2.64. The molecule has 0 aromatic carbocycles. The van der Waals surface area contributed by atoms with Gasteiger partial charge in [-0.15, -0.1) is 0 Å². The summed E-state index contributed by atoms with van der Waals surface area (Å²) in [6.45, 7) is 5.41. The molecule has 90 valence electrons. The van der Waals surface area contributed by atoms with Crippen molar-refractivity contribution in [1.82, 2.24) is 9.88 Å². The lowest BCUT2D eigenvalue weighted by atomic mass is 9.84. The molecule has 2 nitrogen and oxygen atoms in total. The van der Waals surface area contributed by atoms with Crippen LogP contribution in [-0.4, -0.2) is 22.1 Å². The van der Waals surface area contributed by atoms with Crippen molar-refractivity contribution >= 4 is 11.8 Å². The lowest BCUT2D eigenvalue weighted by Crippen LogP contribution is -2.43. The molecule has 1 heterocycles. The van der Waals surface area contributed by atoms with Crippen molar-refractivity contribution < 1.29 is 0 Å². The fourth-order valence-electron chi connectivity index (χ4n) is 2.25. The standard InChI is InChI=1S/C13H22N2S/c1-3-15-8-5-12(10-15)9-14-11-13(16-2)6-4-7-13/h5,8,10,14H,3-4,6-7,9,11H2,1-2H3. The van der Waals surface area contributed by atoms with Crippen LogP contribution < -0.4 is 5.32 Å². The molecule has 2 rings (SSSR count). The Hall–Kier alpha value is -0.410. The molecule has 0 amide bonds. The zero-order valence-corrected chi connectivity index (χ0v) is 11.1. The van der Waals surface area contributed by atoms with Crippen molar-refractivity contribution in [2.45, 2.75) is 44.0 Å². The van der Waals surface area contributed by atoms with E-state index in [0.29, 0.717) is 4.75 Å². The van der Waals surface area contributed by atoms with E-state index in [4.69, 9.17) is 0 Å². The molecule has 0 atom stereocenters. The summed E-state index contributed by atoms with van der Waals surface area (Å²) in [6, 6.07) is 2.21. The summed E-state index contributed by atoms with van der Waals surface area (Å²) in [5.41, 5.74) is 1.40. The lowest BCUT2D eigenvalue weighted by Gasteiger charge is -2.40. The number of hydrogen-bond acceptors (Lipinski definition) is 2. The molecular weight excluding hydrogens is 216 g/mol. The van der Waals surface area contributed by atoms with Gasteiger partial charge in [-0.2, -0.15) is 11.8 Å². The molecule has 0 bridgehead atoms. The first-order valence-electron chi connectivity index (χ1n) is 6.18. The number of aryl methyl sites for hydroxylation is 1. The monoisotopic (exact) mass is 238 g/mol. The largest absolute Gasteiger partial charge is 0.354 e. The van der Waals surface area contributed by atoms with E-state index >= 15 is 0 Å². The zero-order chi connectivity index (χ0) is 11.4. The minimum absolute atomic E-state index is 0.549. The molecule has 0 spiro atoms. The van der Waals surface area contributed by atoms with E-state index in [0.717, 1.165) is 19.6 Å². The SMILES string of the molecule is CCn1ccc(CNCC2(SC)CCC2)c1. The number of aromatic nitrogens is 1. The first-order valence-corrected chi connectivity index (χ1v) is 7.41. The minimum atomic E-state index is 0.549. The Balaban J connectivity index is 1.75.